The zero-order valence-electron chi connectivity index (χ0n) is 20.3. The molecule has 7 heteroatoms. The Labute approximate surface area is 216 Å². The first kappa shape index (κ1) is 26.4. The van der Waals surface area contributed by atoms with E-state index in [1.165, 1.54) is 11.8 Å². The predicted molar refractivity (Wildman–Crippen MR) is 140 cm³/mol. The van der Waals surface area contributed by atoms with Gasteiger partial charge in [0.1, 0.15) is 23.7 Å². The van der Waals surface area contributed by atoms with Crippen LogP contribution in [0.4, 0.5) is 0 Å². The smallest absolute Gasteiger partial charge is 0.338 e. The average molecular weight is 509 g/mol. The van der Waals surface area contributed by atoms with Gasteiger partial charge in [-0.1, -0.05) is 85.8 Å². The summed E-state index contributed by atoms with van der Waals surface area (Å²) in [5.74, 6) is 0.217. The molecule has 1 heterocycles. The maximum Gasteiger partial charge on any atom is 0.338 e. The third-order valence-corrected chi connectivity index (χ3v) is 6.92. The molecule has 3 aromatic rings. The SMILES string of the molecule is CCS[C@H]1O[C@H](COCc2ccccc2)[C@@H](OCc2ccccc2)[C@H](O)[C@@H]1OC(=O)c1ccccc1. The van der Waals surface area contributed by atoms with Gasteiger partial charge in [-0.3, -0.25) is 0 Å². The Morgan fingerprint density at radius 2 is 1.44 bits per heavy atom. The van der Waals surface area contributed by atoms with Crippen LogP contribution in [0.3, 0.4) is 0 Å². The highest BCUT2D eigenvalue weighted by atomic mass is 32.2. The zero-order valence-corrected chi connectivity index (χ0v) is 21.1. The molecule has 6 nitrogen and oxygen atoms in total. The fourth-order valence-electron chi connectivity index (χ4n) is 4.06. The van der Waals surface area contributed by atoms with E-state index in [4.69, 9.17) is 18.9 Å². The minimum absolute atomic E-state index is 0.228. The van der Waals surface area contributed by atoms with Crippen LogP contribution in [-0.4, -0.2) is 53.3 Å². The van der Waals surface area contributed by atoms with Crippen molar-refractivity contribution in [1.29, 1.82) is 0 Å². The molecule has 1 aliphatic rings. The highest BCUT2D eigenvalue weighted by Crippen LogP contribution is 2.33. The van der Waals surface area contributed by atoms with E-state index in [2.05, 4.69) is 0 Å². The molecule has 3 aromatic carbocycles. The van der Waals surface area contributed by atoms with E-state index in [0.717, 1.165) is 16.9 Å². The quantitative estimate of drug-likeness (QED) is 0.371. The van der Waals surface area contributed by atoms with E-state index in [1.54, 1.807) is 24.3 Å². The minimum Gasteiger partial charge on any atom is -0.452 e. The van der Waals surface area contributed by atoms with Crippen molar-refractivity contribution in [2.45, 2.75) is 50.0 Å². The maximum absolute atomic E-state index is 12.8. The molecule has 0 amide bonds. The van der Waals surface area contributed by atoms with Gasteiger partial charge in [-0.2, -0.15) is 0 Å². The predicted octanol–water partition coefficient (Wildman–Crippen LogP) is 4.85. The van der Waals surface area contributed by atoms with Gasteiger partial charge in [-0.15, -0.1) is 11.8 Å². The lowest BCUT2D eigenvalue weighted by molar-refractivity contribution is -0.228. The number of aliphatic hydroxyl groups is 1. The lowest BCUT2D eigenvalue weighted by Crippen LogP contribution is -2.60. The first-order valence-corrected chi connectivity index (χ1v) is 13.2. The molecule has 1 N–H and O–H groups in total. The number of thioether (sulfide) groups is 1. The first-order valence-electron chi connectivity index (χ1n) is 12.1. The van der Waals surface area contributed by atoms with Crippen LogP contribution in [0, 0.1) is 0 Å². The van der Waals surface area contributed by atoms with Gasteiger partial charge in [0.2, 0.25) is 0 Å². The molecule has 5 atom stereocenters. The standard InChI is InChI=1S/C29H32O6S/c1-2-36-29-27(35-28(31)23-16-10-5-11-17-23)25(30)26(33-19-22-14-8-4-9-15-22)24(34-29)20-32-18-21-12-6-3-7-13-21/h3-17,24-27,29-30H,2,18-20H2,1H3/t24-,25+,26-,27+,29-/m1/s1. The summed E-state index contributed by atoms with van der Waals surface area (Å²) in [7, 11) is 0. The monoisotopic (exact) mass is 508 g/mol. The summed E-state index contributed by atoms with van der Waals surface area (Å²) < 4.78 is 24.3. The van der Waals surface area contributed by atoms with E-state index in [-0.39, 0.29) is 13.2 Å². The number of aliphatic hydroxyl groups excluding tert-OH is 1. The van der Waals surface area contributed by atoms with Gasteiger partial charge in [-0.05, 0) is 29.0 Å². The molecule has 0 spiro atoms. The van der Waals surface area contributed by atoms with Crippen LogP contribution in [0.2, 0.25) is 0 Å². The number of benzene rings is 3. The van der Waals surface area contributed by atoms with Crippen molar-refractivity contribution in [2.24, 2.45) is 0 Å². The van der Waals surface area contributed by atoms with Crippen molar-refractivity contribution in [3.63, 3.8) is 0 Å². The normalized spacial score (nSPS) is 23.8. The van der Waals surface area contributed by atoms with E-state index in [0.29, 0.717) is 12.2 Å². The summed E-state index contributed by atoms with van der Waals surface area (Å²) in [5.41, 5.74) is 1.88. The number of esters is 1. The van der Waals surface area contributed by atoms with Crippen molar-refractivity contribution in [3.05, 3.63) is 108 Å². The molecule has 36 heavy (non-hydrogen) atoms. The van der Waals surface area contributed by atoms with E-state index < -0.39 is 35.8 Å². The third kappa shape index (κ3) is 7.18. The zero-order chi connectivity index (χ0) is 25.2. The number of carbonyl (C=O) groups is 1. The van der Waals surface area contributed by atoms with Crippen LogP contribution >= 0.6 is 11.8 Å². The number of carbonyl (C=O) groups excluding carboxylic acids is 1. The van der Waals surface area contributed by atoms with Crippen LogP contribution < -0.4 is 0 Å². The van der Waals surface area contributed by atoms with Crippen LogP contribution in [-0.2, 0) is 32.2 Å². The molecular formula is C29H32O6S. The van der Waals surface area contributed by atoms with E-state index >= 15 is 0 Å². The van der Waals surface area contributed by atoms with Crippen LogP contribution in [0.15, 0.2) is 91.0 Å². The average Bonchev–Trinajstić information content (AvgIpc) is 2.92. The van der Waals surface area contributed by atoms with Gasteiger partial charge in [-0.25, -0.2) is 4.79 Å². The molecule has 190 valence electrons. The van der Waals surface area contributed by atoms with E-state index in [9.17, 15) is 9.90 Å². The number of hydrogen-bond donors (Lipinski definition) is 1. The molecule has 0 bridgehead atoms. The Hall–Kier alpha value is -2.68. The summed E-state index contributed by atoms with van der Waals surface area (Å²) in [4.78, 5) is 12.8. The summed E-state index contributed by atoms with van der Waals surface area (Å²) in [5, 5.41) is 11.4. The van der Waals surface area contributed by atoms with Crippen molar-refractivity contribution in [2.75, 3.05) is 12.4 Å². The number of hydrogen-bond acceptors (Lipinski definition) is 7. The second-order valence-corrected chi connectivity index (χ2v) is 9.86. The van der Waals surface area contributed by atoms with Crippen LogP contribution in [0.5, 0.6) is 0 Å². The molecule has 1 saturated heterocycles. The van der Waals surface area contributed by atoms with Crippen molar-refractivity contribution in [1.82, 2.24) is 0 Å². The highest BCUT2D eigenvalue weighted by molar-refractivity contribution is 7.99. The van der Waals surface area contributed by atoms with Gasteiger partial charge in [0.25, 0.3) is 0 Å². The molecule has 0 aromatic heterocycles. The fourth-order valence-corrected chi connectivity index (χ4v) is 5.01. The topological polar surface area (TPSA) is 74.2 Å². The lowest BCUT2D eigenvalue weighted by Gasteiger charge is -2.43. The summed E-state index contributed by atoms with van der Waals surface area (Å²) in [6.45, 7) is 2.92. The van der Waals surface area contributed by atoms with Crippen molar-refractivity contribution < 1.29 is 28.8 Å². The van der Waals surface area contributed by atoms with Crippen LogP contribution in [0.1, 0.15) is 28.4 Å². The number of ether oxygens (including phenoxy) is 4. The lowest BCUT2D eigenvalue weighted by atomic mass is 9.99. The van der Waals surface area contributed by atoms with E-state index in [1.807, 2.05) is 73.7 Å². The second kappa shape index (κ2) is 13.6. The second-order valence-electron chi connectivity index (χ2n) is 8.49. The molecule has 0 saturated carbocycles. The third-order valence-electron chi connectivity index (χ3n) is 5.88. The van der Waals surface area contributed by atoms with Crippen molar-refractivity contribution in [3.8, 4) is 0 Å². The molecule has 0 unspecified atom stereocenters. The van der Waals surface area contributed by atoms with Gasteiger partial charge in [0.15, 0.2) is 6.10 Å². The molecular weight excluding hydrogens is 476 g/mol. The van der Waals surface area contributed by atoms with Gasteiger partial charge >= 0.3 is 5.97 Å². The minimum atomic E-state index is -1.09. The Morgan fingerprint density at radius 1 is 0.861 bits per heavy atom. The summed E-state index contributed by atoms with van der Waals surface area (Å²) in [6.07, 6.45) is -3.27. The maximum atomic E-state index is 12.8. The molecule has 4 rings (SSSR count). The Balaban J connectivity index is 1.50. The Morgan fingerprint density at radius 3 is 2.06 bits per heavy atom. The Bertz CT molecular complexity index is 1050. The largest absolute Gasteiger partial charge is 0.452 e. The Kier molecular flexibility index (Phi) is 9.95. The highest BCUT2D eigenvalue weighted by Gasteiger charge is 2.48. The summed E-state index contributed by atoms with van der Waals surface area (Å²) in [6, 6.07) is 28.3. The summed E-state index contributed by atoms with van der Waals surface area (Å²) >= 11 is 1.48. The number of rotatable bonds is 11. The first-order chi connectivity index (χ1) is 17.7. The van der Waals surface area contributed by atoms with Crippen LogP contribution in [0.25, 0.3) is 0 Å². The molecule has 1 aliphatic heterocycles. The molecule has 0 aliphatic carbocycles. The molecule has 0 radical (unpaired) electrons. The van der Waals surface area contributed by atoms with Gasteiger partial charge in [0.05, 0.1) is 25.4 Å². The fraction of sp³-hybridized carbons (Fsp3) is 0.345. The van der Waals surface area contributed by atoms with Crippen molar-refractivity contribution >= 4 is 17.7 Å². The van der Waals surface area contributed by atoms with Gasteiger partial charge < -0.3 is 24.1 Å². The molecule has 1 fully saturated rings. The van der Waals surface area contributed by atoms with Gasteiger partial charge in [0, 0.05) is 0 Å².